The van der Waals surface area contributed by atoms with Gasteiger partial charge in [0.1, 0.15) is 0 Å². The van der Waals surface area contributed by atoms with E-state index in [-0.39, 0.29) is 18.6 Å². The first-order valence-electron chi connectivity index (χ1n) is 8.17. The van der Waals surface area contributed by atoms with E-state index in [1.807, 2.05) is 47.2 Å². The number of carbonyl (C=O) groups excluding carboxylic acids is 1. The van der Waals surface area contributed by atoms with Crippen molar-refractivity contribution in [1.82, 2.24) is 10.2 Å². The molecule has 1 atom stereocenters. The highest BCUT2D eigenvalue weighted by Gasteiger charge is 2.22. The number of hydrogen-bond acceptors (Lipinski definition) is 3. The molecule has 0 saturated heterocycles. The standard InChI is InChI=1S/C19H22N2O2S/c22-18(16-10-11-24-14-16)13-21(12-15-6-2-1-3-7-15)19(23)20-17-8-4-5-9-17/h1-7,10-11,14,17-18,22H,8-9,12-13H2,(H,20,23). The molecule has 1 aliphatic carbocycles. The van der Waals surface area contributed by atoms with Crippen LogP contribution in [-0.4, -0.2) is 28.6 Å². The summed E-state index contributed by atoms with van der Waals surface area (Å²) in [4.78, 5) is 14.4. The summed E-state index contributed by atoms with van der Waals surface area (Å²) in [6.07, 6.45) is 5.25. The molecule has 3 rings (SSSR count). The Balaban J connectivity index is 1.68. The van der Waals surface area contributed by atoms with E-state index in [0.717, 1.165) is 24.0 Å². The molecule has 1 aliphatic rings. The van der Waals surface area contributed by atoms with Gasteiger partial charge in [0, 0.05) is 12.6 Å². The van der Waals surface area contributed by atoms with Crippen LogP contribution in [0, 0.1) is 0 Å². The number of amides is 2. The minimum atomic E-state index is -0.674. The molecular formula is C19H22N2O2S. The van der Waals surface area contributed by atoms with Crippen molar-refractivity contribution in [3.05, 3.63) is 70.4 Å². The number of nitrogens with zero attached hydrogens (tertiary/aromatic N) is 1. The van der Waals surface area contributed by atoms with Gasteiger partial charge in [0.15, 0.2) is 0 Å². The molecule has 0 radical (unpaired) electrons. The van der Waals surface area contributed by atoms with Crippen LogP contribution in [0.15, 0.2) is 59.3 Å². The molecule has 1 unspecified atom stereocenters. The summed E-state index contributed by atoms with van der Waals surface area (Å²) in [7, 11) is 0. The van der Waals surface area contributed by atoms with E-state index in [4.69, 9.17) is 0 Å². The first kappa shape index (κ1) is 16.7. The van der Waals surface area contributed by atoms with Crippen molar-refractivity contribution < 1.29 is 9.90 Å². The molecule has 0 spiro atoms. The van der Waals surface area contributed by atoms with Crippen molar-refractivity contribution in [2.24, 2.45) is 0 Å². The third-order valence-corrected chi connectivity index (χ3v) is 4.86. The fraction of sp³-hybridized carbons (Fsp3) is 0.316. The van der Waals surface area contributed by atoms with Gasteiger partial charge in [0.05, 0.1) is 12.6 Å². The minimum absolute atomic E-state index is 0.123. The topological polar surface area (TPSA) is 52.6 Å². The predicted molar refractivity (Wildman–Crippen MR) is 96.8 cm³/mol. The van der Waals surface area contributed by atoms with Gasteiger partial charge in [-0.1, -0.05) is 42.5 Å². The van der Waals surface area contributed by atoms with E-state index in [2.05, 4.69) is 17.5 Å². The zero-order valence-electron chi connectivity index (χ0n) is 13.5. The summed E-state index contributed by atoms with van der Waals surface area (Å²) < 4.78 is 0. The highest BCUT2D eigenvalue weighted by molar-refractivity contribution is 7.07. The molecule has 1 heterocycles. The maximum atomic E-state index is 12.7. The van der Waals surface area contributed by atoms with Crippen molar-refractivity contribution in [3.8, 4) is 0 Å². The number of urea groups is 1. The molecule has 2 aromatic rings. The molecular weight excluding hydrogens is 320 g/mol. The molecule has 24 heavy (non-hydrogen) atoms. The van der Waals surface area contributed by atoms with Crippen LogP contribution >= 0.6 is 11.3 Å². The molecule has 1 aromatic carbocycles. The van der Waals surface area contributed by atoms with Crippen molar-refractivity contribution in [2.45, 2.75) is 31.5 Å². The van der Waals surface area contributed by atoms with E-state index in [1.54, 1.807) is 16.2 Å². The third kappa shape index (κ3) is 4.46. The zero-order valence-corrected chi connectivity index (χ0v) is 14.3. The fourth-order valence-corrected chi connectivity index (χ4v) is 3.51. The van der Waals surface area contributed by atoms with Gasteiger partial charge in [-0.15, -0.1) is 0 Å². The molecule has 0 fully saturated rings. The lowest BCUT2D eigenvalue weighted by molar-refractivity contribution is 0.117. The number of aliphatic hydroxyl groups excluding tert-OH is 1. The SMILES string of the molecule is O=C(NC1CC=CC1)N(Cc1ccccc1)CC(O)c1ccsc1. The fourth-order valence-electron chi connectivity index (χ4n) is 2.80. The Hall–Kier alpha value is -2.11. The van der Waals surface area contributed by atoms with E-state index in [0.29, 0.717) is 6.54 Å². The molecule has 126 valence electrons. The Morgan fingerprint density at radius 1 is 1.25 bits per heavy atom. The lowest BCUT2D eigenvalue weighted by Crippen LogP contribution is -2.45. The van der Waals surface area contributed by atoms with Gasteiger partial charge in [0.2, 0.25) is 0 Å². The summed E-state index contributed by atoms with van der Waals surface area (Å²) in [5.41, 5.74) is 1.91. The highest BCUT2D eigenvalue weighted by Crippen LogP contribution is 2.19. The van der Waals surface area contributed by atoms with E-state index >= 15 is 0 Å². The van der Waals surface area contributed by atoms with E-state index in [1.165, 1.54) is 0 Å². The molecule has 1 aromatic heterocycles. The van der Waals surface area contributed by atoms with Gasteiger partial charge in [-0.25, -0.2) is 4.79 Å². The van der Waals surface area contributed by atoms with E-state index < -0.39 is 6.10 Å². The summed E-state index contributed by atoms with van der Waals surface area (Å²) >= 11 is 1.55. The number of aliphatic hydroxyl groups is 1. The quantitative estimate of drug-likeness (QED) is 0.786. The van der Waals surface area contributed by atoms with Crippen LogP contribution in [0.1, 0.15) is 30.1 Å². The lowest BCUT2D eigenvalue weighted by atomic mass is 10.1. The second-order valence-electron chi connectivity index (χ2n) is 6.03. The summed E-state index contributed by atoms with van der Waals surface area (Å²) in [6.45, 7) is 0.756. The summed E-state index contributed by atoms with van der Waals surface area (Å²) in [5.74, 6) is 0. The Morgan fingerprint density at radius 3 is 2.67 bits per heavy atom. The summed E-state index contributed by atoms with van der Waals surface area (Å²) in [5, 5.41) is 17.4. The van der Waals surface area contributed by atoms with Crippen molar-refractivity contribution in [3.63, 3.8) is 0 Å². The number of nitrogens with one attached hydrogen (secondary N) is 1. The first-order valence-corrected chi connectivity index (χ1v) is 9.11. The Bertz CT molecular complexity index is 662. The smallest absolute Gasteiger partial charge is 0.318 e. The van der Waals surface area contributed by atoms with E-state index in [9.17, 15) is 9.90 Å². The molecule has 0 saturated carbocycles. The number of rotatable bonds is 6. The Kier molecular flexibility index (Phi) is 5.67. The minimum Gasteiger partial charge on any atom is -0.387 e. The summed E-state index contributed by atoms with van der Waals surface area (Å²) in [6, 6.07) is 11.8. The lowest BCUT2D eigenvalue weighted by Gasteiger charge is -2.27. The van der Waals surface area contributed by atoms with Crippen LogP contribution in [-0.2, 0) is 6.54 Å². The van der Waals surface area contributed by atoms with Gasteiger partial charge in [-0.2, -0.15) is 11.3 Å². The average molecular weight is 342 g/mol. The predicted octanol–water partition coefficient (Wildman–Crippen LogP) is 3.71. The largest absolute Gasteiger partial charge is 0.387 e. The second kappa shape index (κ2) is 8.13. The molecule has 5 heteroatoms. The van der Waals surface area contributed by atoms with Crippen LogP contribution in [0.3, 0.4) is 0 Å². The van der Waals surface area contributed by atoms with Crippen molar-refractivity contribution >= 4 is 17.4 Å². The third-order valence-electron chi connectivity index (χ3n) is 4.16. The van der Waals surface area contributed by atoms with Gasteiger partial charge in [0.25, 0.3) is 0 Å². The molecule has 2 N–H and O–H groups in total. The maximum Gasteiger partial charge on any atom is 0.318 e. The van der Waals surface area contributed by atoms with Gasteiger partial charge in [-0.05, 0) is 40.8 Å². The van der Waals surface area contributed by atoms with Crippen LogP contribution in [0.5, 0.6) is 0 Å². The number of carbonyl (C=O) groups is 1. The van der Waals surface area contributed by atoms with Crippen molar-refractivity contribution in [2.75, 3.05) is 6.54 Å². The second-order valence-corrected chi connectivity index (χ2v) is 6.81. The Labute approximate surface area is 146 Å². The Morgan fingerprint density at radius 2 is 2.00 bits per heavy atom. The van der Waals surface area contributed by atoms with Crippen LogP contribution < -0.4 is 5.32 Å². The molecule has 4 nitrogen and oxygen atoms in total. The highest BCUT2D eigenvalue weighted by atomic mass is 32.1. The first-order chi connectivity index (χ1) is 11.7. The maximum absolute atomic E-state index is 12.7. The van der Waals surface area contributed by atoms with Crippen molar-refractivity contribution in [1.29, 1.82) is 0 Å². The van der Waals surface area contributed by atoms with Gasteiger partial charge in [-0.3, -0.25) is 0 Å². The number of thiophene rings is 1. The zero-order chi connectivity index (χ0) is 16.8. The monoisotopic (exact) mass is 342 g/mol. The molecule has 0 aliphatic heterocycles. The molecule has 2 amide bonds. The van der Waals surface area contributed by atoms with Crippen LogP contribution in [0.25, 0.3) is 0 Å². The normalized spacial score (nSPS) is 15.4. The average Bonchev–Trinajstić information content (AvgIpc) is 3.29. The van der Waals surface area contributed by atoms with Crippen LogP contribution in [0.2, 0.25) is 0 Å². The number of hydrogen-bond donors (Lipinski definition) is 2. The number of benzene rings is 1. The molecule has 0 bridgehead atoms. The van der Waals surface area contributed by atoms with Gasteiger partial charge >= 0.3 is 6.03 Å². The van der Waals surface area contributed by atoms with Gasteiger partial charge < -0.3 is 15.3 Å². The van der Waals surface area contributed by atoms with Crippen LogP contribution in [0.4, 0.5) is 4.79 Å².